The van der Waals surface area contributed by atoms with Gasteiger partial charge in [-0.1, -0.05) is 45.7 Å². The van der Waals surface area contributed by atoms with E-state index < -0.39 is 0 Å². The van der Waals surface area contributed by atoms with Crippen LogP contribution in [0.4, 0.5) is 0 Å². The molecular weight excluding hydrogens is 303 g/mol. The lowest BCUT2D eigenvalue weighted by Crippen LogP contribution is -1.92. The van der Waals surface area contributed by atoms with E-state index in [9.17, 15) is 5.11 Å². The van der Waals surface area contributed by atoms with Crippen LogP contribution in [0, 0.1) is 0 Å². The van der Waals surface area contributed by atoms with Crippen LogP contribution in [0.3, 0.4) is 0 Å². The lowest BCUT2D eigenvalue weighted by atomic mass is 10.2. The first kappa shape index (κ1) is 12.4. The van der Waals surface area contributed by atoms with Gasteiger partial charge in [0, 0.05) is 10.0 Å². The highest BCUT2D eigenvalue weighted by molar-refractivity contribution is 9.10. The predicted molar refractivity (Wildman–Crippen MR) is 71.6 cm³/mol. The van der Waals surface area contributed by atoms with Gasteiger partial charge in [-0.3, -0.25) is 0 Å². The van der Waals surface area contributed by atoms with E-state index in [1.165, 1.54) is 0 Å². The number of aliphatic hydroxyl groups excluding tert-OH is 1. The zero-order valence-electron chi connectivity index (χ0n) is 8.86. The number of halogens is 2. The number of benzene rings is 2. The molecule has 0 saturated heterocycles. The Bertz CT molecular complexity index is 529. The molecule has 0 aliphatic heterocycles. The molecule has 2 nitrogen and oxygen atoms in total. The van der Waals surface area contributed by atoms with Crippen molar-refractivity contribution in [3.63, 3.8) is 0 Å². The molecule has 2 aromatic carbocycles. The number of aliphatic hydroxyl groups is 1. The van der Waals surface area contributed by atoms with Crippen LogP contribution in [0.2, 0.25) is 5.02 Å². The highest BCUT2D eigenvalue weighted by Gasteiger charge is 2.07. The van der Waals surface area contributed by atoms with Gasteiger partial charge in [-0.2, -0.15) is 0 Å². The fourth-order valence-corrected chi connectivity index (χ4v) is 1.91. The monoisotopic (exact) mass is 312 g/mol. The van der Waals surface area contributed by atoms with Crippen LogP contribution in [-0.4, -0.2) is 5.11 Å². The third-order valence-corrected chi connectivity index (χ3v) is 3.06. The van der Waals surface area contributed by atoms with E-state index in [0.29, 0.717) is 22.1 Å². The average molecular weight is 314 g/mol. The molecule has 0 atom stereocenters. The molecule has 0 unspecified atom stereocenters. The van der Waals surface area contributed by atoms with Gasteiger partial charge in [-0.05, 0) is 24.3 Å². The summed E-state index contributed by atoms with van der Waals surface area (Å²) in [6.45, 7) is -0.0763. The normalized spacial score (nSPS) is 10.3. The minimum Gasteiger partial charge on any atom is -0.455 e. The Morgan fingerprint density at radius 3 is 2.59 bits per heavy atom. The molecule has 0 bridgehead atoms. The number of para-hydroxylation sites is 1. The Kier molecular flexibility index (Phi) is 4.05. The molecule has 0 saturated carbocycles. The fourth-order valence-electron chi connectivity index (χ4n) is 1.40. The van der Waals surface area contributed by atoms with Gasteiger partial charge in [0.25, 0.3) is 0 Å². The summed E-state index contributed by atoms with van der Waals surface area (Å²) in [6.07, 6.45) is 0. The van der Waals surface area contributed by atoms with Crippen LogP contribution in [0.15, 0.2) is 46.9 Å². The summed E-state index contributed by atoms with van der Waals surface area (Å²) in [5, 5.41) is 9.77. The second kappa shape index (κ2) is 5.54. The van der Waals surface area contributed by atoms with E-state index in [0.717, 1.165) is 4.47 Å². The van der Waals surface area contributed by atoms with Crippen LogP contribution in [-0.2, 0) is 6.61 Å². The fraction of sp³-hybridized carbons (Fsp3) is 0.0769. The molecule has 0 aliphatic carbocycles. The summed E-state index contributed by atoms with van der Waals surface area (Å²) in [5.74, 6) is 1.16. The van der Waals surface area contributed by atoms with Gasteiger partial charge in [-0.15, -0.1) is 0 Å². The molecule has 0 amide bonds. The zero-order chi connectivity index (χ0) is 12.3. The summed E-state index contributed by atoms with van der Waals surface area (Å²) >= 11 is 9.37. The van der Waals surface area contributed by atoms with Gasteiger partial charge in [0.2, 0.25) is 0 Å². The maximum absolute atomic E-state index is 9.23. The summed E-state index contributed by atoms with van der Waals surface area (Å²) in [6, 6.07) is 12.7. The Morgan fingerprint density at radius 2 is 1.88 bits per heavy atom. The molecule has 1 N–H and O–H groups in total. The topological polar surface area (TPSA) is 29.5 Å². The number of ether oxygens (including phenoxy) is 1. The second-order valence-corrected chi connectivity index (χ2v) is 4.77. The highest BCUT2D eigenvalue weighted by atomic mass is 79.9. The standard InChI is InChI=1S/C13H10BrClO2/c14-10-6-5-9(8-16)13(7-10)17-12-4-2-1-3-11(12)15/h1-7,16H,8H2. The molecular formula is C13H10BrClO2. The van der Waals surface area contributed by atoms with Crippen molar-refractivity contribution in [1.82, 2.24) is 0 Å². The summed E-state index contributed by atoms with van der Waals surface area (Å²) in [4.78, 5) is 0. The van der Waals surface area contributed by atoms with Gasteiger partial charge in [0.1, 0.15) is 11.5 Å². The van der Waals surface area contributed by atoms with Gasteiger partial charge in [0.15, 0.2) is 0 Å². The lowest BCUT2D eigenvalue weighted by Gasteiger charge is -2.11. The zero-order valence-corrected chi connectivity index (χ0v) is 11.2. The third kappa shape index (κ3) is 3.00. The van der Waals surface area contributed by atoms with Crippen LogP contribution in [0.1, 0.15) is 5.56 Å². The molecule has 0 aliphatic rings. The summed E-state index contributed by atoms with van der Waals surface area (Å²) in [7, 11) is 0. The Labute approximate surface area is 113 Å². The first-order valence-corrected chi connectivity index (χ1v) is 6.19. The largest absolute Gasteiger partial charge is 0.455 e. The van der Waals surface area contributed by atoms with Crippen molar-refractivity contribution in [2.45, 2.75) is 6.61 Å². The number of rotatable bonds is 3. The van der Waals surface area contributed by atoms with Gasteiger partial charge in [0.05, 0.1) is 11.6 Å². The maximum atomic E-state index is 9.23. The van der Waals surface area contributed by atoms with Crippen LogP contribution < -0.4 is 4.74 Å². The van der Waals surface area contributed by atoms with Gasteiger partial charge >= 0.3 is 0 Å². The van der Waals surface area contributed by atoms with E-state index >= 15 is 0 Å². The number of hydrogen-bond acceptors (Lipinski definition) is 2. The quantitative estimate of drug-likeness (QED) is 0.911. The molecule has 4 heteroatoms. The van der Waals surface area contributed by atoms with E-state index in [1.807, 2.05) is 18.2 Å². The maximum Gasteiger partial charge on any atom is 0.146 e. The van der Waals surface area contributed by atoms with Gasteiger partial charge < -0.3 is 9.84 Å². The first-order chi connectivity index (χ1) is 8.20. The molecule has 0 aromatic heterocycles. The minimum atomic E-state index is -0.0763. The smallest absolute Gasteiger partial charge is 0.146 e. The van der Waals surface area contributed by atoms with E-state index in [1.54, 1.807) is 24.3 Å². The second-order valence-electron chi connectivity index (χ2n) is 3.44. The van der Waals surface area contributed by atoms with Crippen molar-refractivity contribution in [2.75, 3.05) is 0 Å². The molecule has 0 spiro atoms. The molecule has 0 heterocycles. The Morgan fingerprint density at radius 1 is 1.12 bits per heavy atom. The Hall–Kier alpha value is -1.03. The highest BCUT2D eigenvalue weighted by Crippen LogP contribution is 2.32. The van der Waals surface area contributed by atoms with Crippen molar-refractivity contribution in [2.24, 2.45) is 0 Å². The summed E-state index contributed by atoms with van der Waals surface area (Å²) < 4.78 is 6.58. The van der Waals surface area contributed by atoms with E-state index in [4.69, 9.17) is 16.3 Å². The third-order valence-electron chi connectivity index (χ3n) is 2.26. The van der Waals surface area contributed by atoms with Crippen LogP contribution in [0.5, 0.6) is 11.5 Å². The molecule has 17 heavy (non-hydrogen) atoms. The first-order valence-electron chi connectivity index (χ1n) is 5.02. The van der Waals surface area contributed by atoms with Crippen molar-refractivity contribution in [3.05, 3.63) is 57.5 Å². The number of hydrogen-bond donors (Lipinski definition) is 1. The molecule has 0 radical (unpaired) electrons. The van der Waals surface area contributed by atoms with Crippen molar-refractivity contribution >= 4 is 27.5 Å². The molecule has 88 valence electrons. The minimum absolute atomic E-state index is 0.0763. The van der Waals surface area contributed by atoms with Crippen molar-refractivity contribution in [3.8, 4) is 11.5 Å². The predicted octanol–water partition coefficient (Wildman–Crippen LogP) is 4.39. The van der Waals surface area contributed by atoms with E-state index in [2.05, 4.69) is 15.9 Å². The molecule has 2 aromatic rings. The SMILES string of the molecule is OCc1ccc(Br)cc1Oc1ccccc1Cl. The summed E-state index contributed by atoms with van der Waals surface area (Å²) in [5.41, 5.74) is 0.716. The average Bonchev–Trinajstić information content (AvgIpc) is 2.32. The lowest BCUT2D eigenvalue weighted by molar-refractivity contribution is 0.276. The Balaban J connectivity index is 2.35. The van der Waals surface area contributed by atoms with Crippen LogP contribution >= 0.6 is 27.5 Å². The van der Waals surface area contributed by atoms with Crippen molar-refractivity contribution in [1.29, 1.82) is 0 Å². The van der Waals surface area contributed by atoms with Crippen LogP contribution in [0.25, 0.3) is 0 Å². The molecule has 0 fully saturated rings. The van der Waals surface area contributed by atoms with E-state index in [-0.39, 0.29) is 6.61 Å². The molecule has 2 rings (SSSR count). The van der Waals surface area contributed by atoms with Gasteiger partial charge in [-0.25, -0.2) is 0 Å². The van der Waals surface area contributed by atoms with Crippen molar-refractivity contribution < 1.29 is 9.84 Å².